The molecule has 0 atom stereocenters. The molecule has 7 heteroatoms. The Morgan fingerprint density at radius 3 is 2.59 bits per heavy atom. The van der Waals surface area contributed by atoms with E-state index in [9.17, 15) is 4.79 Å². The zero-order chi connectivity index (χ0) is 19.4. The highest BCUT2D eigenvalue weighted by Gasteiger charge is 2.12. The molecule has 0 saturated carbocycles. The molecule has 3 aromatic rings. The van der Waals surface area contributed by atoms with Crippen LogP contribution in [0.5, 0.6) is 11.5 Å². The molecule has 0 radical (unpaired) electrons. The number of nitrogens with zero attached hydrogens (tertiary/aromatic N) is 1. The minimum atomic E-state index is -0.239. The van der Waals surface area contributed by atoms with E-state index in [4.69, 9.17) is 21.1 Å². The highest BCUT2D eigenvalue weighted by Crippen LogP contribution is 2.31. The Balaban J connectivity index is 1.66. The van der Waals surface area contributed by atoms with Gasteiger partial charge < -0.3 is 14.8 Å². The fourth-order valence-corrected chi connectivity index (χ4v) is 3.21. The molecule has 3 rings (SSSR count). The van der Waals surface area contributed by atoms with Crippen molar-refractivity contribution >= 4 is 34.5 Å². The lowest BCUT2D eigenvalue weighted by atomic mass is 10.1. The predicted octanol–water partition coefficient (Wildman–Crippen LogP) is 5.25. The Kier molecular flexibility index (Phi) is 5.98. The van der Waals surface area contributed by atoms with Gasteiger partial charge in [0.2, 0.25) is 0 Å². The van der Waals surface area contributed by atoms with Gasteiger partial charge in [0.15, 0.2) is 0 Å². The van der Waals surface area contributed by atoms with E-state index in [2.05, 4.69) is 10.3 Å². The van der Waals surface area contributed by atoms with Crippen LogP contribution in [0.4, 0.5) is 5.69 Å². The number of aromatic nitrogens is 1. The van der Waals surface area contributed by atoms with Crippen molar-refractivity contribution in [2.75, 3.05) is 12.4 Å². The summed E-state index contributed by atoms with van der Waals surface area (Å²) in [4.78, 5) is 16.9. The second-order valence-corrected chi connectivity index (χ2v) is 7.40. The maximum atomic E-state index is 12.5. The van der Waals surface area contributed by atoms with Crippen molar-refractivity contribution in [2.45, 2.75) is 20.5 Å². The van der Waals surface area contributed by atoms with E-state index in [1.165, 1.54) is 7.11 Å². The molecule has 5 nitrogen and oxygen atoms in total. The predicted molar refractivity (Wildman–Crippen MR) is 108 cm³/mol. The number of hydrogen-bond acceptors (Lipinski definition) is 5. The zero-order valence-corrected chi connectivity index (χ0v) is 16.8. The number of amides is 1. The number of carbonyl (C=O) groups excluding carboxylic acids is 1. The highest BCUT2D eigenvalue weighted by atomic mass is 35.5. The largest absolute Gasteiger partial charge is 0.495 e. The summed E-state index contributed by atoms with van der Waals surface area (Å²) in [6.07, 6.45) is 0. The first kappa shape index (κ1) is 19.2. The highest BCUT2D eigenvalue weighted by molar-refractivity contribution is 7.09. The van der Waals surface area contributed by atoms with Crippen LogP contribution in [0.1, 0.15) is 26.6 Å². The number of methoxy groups -OCH3 is 1. The molecule has 27 heavy (non-hydrogen) atoms. The molecule has 0 aliphatic rings. The molecule has 0 bridgehead atoms. The van der Waals surface area contributed by atoms with Gasteiger partial charge in [-0.1, -0.05) is 11.6 Å². The Labute approximate surface area is 166 Å². The third-order valence-corrected chi connectivity index (χ3v) is 5.13. The normalized spacial score (nSPS) is 10.5. The van der Waals surface area contributed by atoms with Gasteiger partial charge >= 0.3 is 0 Å². The number of halogens is 1. The van der Waals surface area contributed by atoms with Crippen molar-refractivity contribution in [3.8, 4) is 11.5 Å². The molecule has 0 fully saturated rings. The van der Waals surface area contributed by atoms with Gasteiger partial charge in [-0.15, -0.1) is 11.3 Å². The number of hydrogen-bond donors (Lipinski definition) is 1. The van der Waals surface area contributed by atoms with E-state index in [1.807, 2.05) is 19.2 Å². The van der Waals surface area contributed by atoms with E-state index < -0.39 is 0 Å². The van der Waals surface area contributed by atoms with Gasteiger partial charge in [-0.3, -0.25) is 4.79 Å². The molecule has 0 saturated heterocycles. The van der Waals surface area contributed by atoms with Crippen LogP contribution in [0, 0.1) is 13.8 Å². The molecule has 2 aromatic carbocycles. The number of aryl methyl sites for hydroxylation is 2. The smallest absolute Gasteiger partial charge is 0.255 e. The molecule has 0 aliphatic heterocycles. The van der Waals surface area contributed by atoms with Crippen LogP contribution in [0.25, 0.3) is 0 Å². The molecule has 140 valence electrons. The zero-order valence-electron chi connectivity index (χ0n) is 15.2. The summed E-state index contributed by atoms with van der Waals surface area (Å²) in [6, 6.07) is 10.4. The lowest BCUT2D eigenvalue weighted by Gasteiger charge is -2.12. The molecule has 1 N–H and O–H groups in total. The van der Waals surface area contributed by atoms with Gasteiger partial charge in [0, 0.05) is 22.0 Å². The molecular weight excluding hydrogens is 384 g/mol. The summed E-state index contributed by atoms with van der Waals surface area (Å²) in [5.74, 6) is 0.950. The van der Waals surface area contributed by atoms with E-state index in [1.54, 1.807) is 47.7 Å². The lowest BCUT2D eigenvalue weighted by Crippen LogP contribution is -2.12. The third kappa shape index (κ3) is 4.78. The van der Waals surface area contributed by atoms with Crippen molar-refractivity contribution in [3.63, 3.8) is 0 Å². The molecule has 1 aromatic heterocycles. The lowest BCUT2D eigenvalue weighted by molar-refractivity contribution is 0.102. The van der Waals surface area contributed by atoms with Crippen molar-refractivity contribution in [2.24, 2.45) is 0 Å². The molecule has 1 amide bonds. The van der Waals surface area contributed by atoms with Crippen LogP contribution in [0.2, 0.25) is 5.02 Å². The van der Waals surface area contributed by atoms with Gasteiger partial charge in [-0.25, -0.2) is 4.98 Å². The summed E-state index contributed by atoms with van der Waals surface area (Å²) in [5.41, 5.74) is 2.84. The van der Waals surface area contributed by atoms with Crippen LogP contribution < -0.4 is 14.8 Å². The van der Waals surface area contributed by atoms with Crippen LogP contribution in [0.15, 0.2) is 41.8 Å². The van der Waals surface area contributed by atoms with Crippen LogP contribution in [-0.4, -0.2) is 18.0 Å². The van der Waals surface area contributed by atoms with Crippen molar-refractivity contribution in [3.05, 3.63) is 68.6 Å². The van der Waals surface area contributed by atoms with Gasteiger partial charge in [-0.05, 0) is 49.7 Å². The number of benzene rings is 2. The maximum Gasteiger partial charge on any atom is 0.255 e. The topological polar surface area (TPSA) is 60.5 Å². The quantitative estimate of drug-likeness (QED) is 0.611. The van der Waals surface area contributed by atoms with Gasteiger partial charge in [-0.2, -0.15) is 0 Å². The number of thiazole rings is 1. The van der Waals surface area contributed by atoms with E-state index >= 15 is 0 Å². The average molecular weight is 403 g/mol. The minimum absolute atomic E-state index is 0.239. The fourth-order valence-electron chi connectivity index (χ4n) is 2.46. The summed E-state index contributed by atoms with van der Waals surface area (Å²) in [7, 11) is 1.53. The first-order chi connectivity index (χ1) is 13.0. The number of anilines is 1. The van der Waals surface area contributed by atoms with E-state index in [0.717, 1.165) is 16.3 Å². The second-order valence-electron chi connectivity index (χ2n) is 5.93. The first-order valence-electron chi connectivity index (χ1n) is 8.25. The Bertz CT molecular complexity index is 954. The second kappa shape index (κ2) is 8.41. The number of rotatable bonds is 6. The Hall–Kier alpha value is -2.57. The molecule has 0 unspecified atom stereocenters. The van der Waals surface area contributed by atoms with E-state index in [0.29, 0.717) is 34.4 Å². The van der Waals surface area contributed by atoms with Crippen molar-refractivity contribution in [1.29, 1.82) is 0 Å². The summed E-state index contributed by atoms with van der Waals surface area (Å²) in [6.45, 7) is 4.23. The van der Waals surface area contributed by atoms with Gasteiger partial charge in [0.05, 0.1) is 23.5 Å². The third-order valence-electron chi connectivity index (χ3n) is 3.90. The van der Waals surface area contributed by atoms with Crippen molar-refractivity contribution in [1.82, 2.24) is 4.98 Å². The Morgan fingerprint density at radius 2 is 1.96 bits per heavy atom. The summed E-state index contributed by atoms with van der Waals surface area (Å²) >= 11 is 7.69. The standard InChI is InChI=1S/C20H19ClN2O3S/c1-12-8-18(19(25-3)9-17(12)21)23-20(24)14-4-6-16(7-5-14)26-10-15-11-27-13(2)22-15/h4-9,11H,10H2,1-3H3,(H,23,24). The minimum Gasteiger partial charge on any atom is -0.495 e. The van der Waals surface area contributed by atoms with Gasteiger partial charge in [0.1, 0.15) is 18.1 Å². The number of nitrogens with one attached hydrogen (secondary N) is 1. The average Bonchev–Trinajstić information content (AvgIpc) is 3.08. The number of carbonyl (C=O) groups is 1. The fraction of sp³-hybridized carbons (Fsp3) is 0.200. The summed E-state index contributed by atoms with van der Waals surface area (Å²) < 4.78 is 11.0. The van der Waals surface area contributed by atoms with E-state index in [-0.39, 0.29) is 5.91 Å². The van der Waals surface area contributed by atoms with Crippen molar-refractivity contribution < 1.29 is 14.3 Å². The Morgan fingerprint density at radius 1 is 1.22 bits per heavy atom. The van der Waals surface area contributed by atoms with Crippen LogP contribution >= 0.6 is 22.9 Å². The summed E-state index contributed by atoms with van der Waals surface area (Å²) in [5, 5.41) is 6.42. The molecule has 1 heterocycles. The first-order valence-corrected chi connectivity index (χ1v) is 9.51. The van der Waals surface area contributed by atoms with Crippen LogP contribution in [-0.2, 0) is 6.61 Å². The molecule has 0 aliphatic carbocycles. The van der Waals surface area contributed by atoms with Gasteiger partial charge in [0.25, 0.3) is 5.91 Å². The number of ether oxygens (including phenoxy) is 2. The van der Waals surface area contributed by atoms with Crippen LogP contribution in [0.3, 0.4) is 0 Å². The maximum absolute atomic E-state index is 12.5. The molecule has 0 spiro atoms. The SMILES string of the molecule is COc1cc(Cl)c(C)cc1NC(=O)c1ccc(OCc2csc(C)n2)cc1. The monoisotopic (exact) mass is 402 g/mol. The molecular formula is C20H19ClN2O3S.